The lowest BCUT2D eigenvalue weighted by Crippen LogP contribution is -2.07. The highest BCUT2D eigenvalue weighted by Gasteiger charge is 2.20. The first kappa shape index (κ1) is 14.6. The highest BCUT2D eigenvalue weighted by molar-refractivity contribution is 6.00. The predicted molar refractivity (Wildman–Crippen MR) is 75.4 cm³/mol. The Bertz CT molecular complexity index is 501. The first-order chi connectivity index (χ1) is 9.61. The second-order valence-corrected chi connectivity index (χ2v) is 5.26. The molecule has 0 atom stereocenters. The van der Waals surface area contributed by atoms with Crippen molar-refractivity contribution in [1.29, 1.82) is 0 Å². The molecule has 0 spiro atoms. The van der Waals surface area contributed by atoms with E-state index < -0.39 is 5.97 Å². The third kappa shape index (κ3) is 3.38. The number of Topliss-reactive ketones (excluding diaryl/α,β-unsaturated/α-hetero) is 1. The molecule has 0 amide bonds. The maximum absolute atomic E-state index is 12.2. The number of methoxy groups -OCH3 is 1. The molecule has 1 aromatic carbocycles. The van der Waals surface area contributed by atoms with Gasteiger partial charge in [0, 0.05) is 6.42 Å². The van der Waals surface area contributed by atoms with Crippen molar-refractivity contribution in [2.24, 2.45) is 0 Å². The van der Waals surface area contributed by atoms with Gasteiger partial charge >= 0.3 is 5.97 Å². The van der Waals surface area contributed by atoms with E-state index in [9.17, 15) is 9.59 Å². The fraction of sp³-hybridized carbons (Fsp3) is 0.500. The van der Waals surface area contributed by atoms with Gasteiger partial charge < -0.3 is 9.84 Å². The molecule has 0 bridgehead atoms. The van der Waals surface area contributed by atoms with Crippen molar-refractivity contribution < 1.29 is 19.4 Å². The van der Waals surface area contributed by atoms with E-state index in [1.54, 1.807) is 0 Å². The molecule has 1 fully saturated rings. The van der Waals surface area contributed by atoms with Crippen LogP contribution >= 0.6 is 0 Å². The molecule has 0 aliphatic heterocycles. The lowest BCUT2D eigenvalue weighted by molar-refractivity contribution is -0.136. The third-order valence-corrected chi connectivity index (χ3v) is 3.92. The van der Waals surface area contributed by atoms with Gasteiger partial charge in [-0.1, -0.05) is 18.9 Å². The van der Waals surface area contributed by atoms with Gasteiger partial charge in [-0.05, 0) is 36.5 Å². The average Bonchev–Trinajstić information content (AvgIpc) is 2.98. The van der Waals surface area contributed by atoms with Crippen molar-refractivity contribution in [3.8, 4) is 5.75 Å². The first-order valence-corrected chi connectivity index (χ1v) is 7.04. The highest BCUT2D eigenvalue weighted by Crippen LogP contribution is 2.36. The molecule has 4 heteroatoms. The normalized spacial score (nSPS) is 15.2. The molecule has 0 unspecified atom stereocenters. The van der Waals surface area contributed by atoms with Crippen LogP contribution < -0.4 is 4.74 Å². The van der Waals surface area contributed by atoms with Gasteiger partial charge in [-0.15, -0.1) is 0 Å². The summed E-state index contributed by atoms with van der Waals surface area (Å²) in [6.45, 7) is 0. The summed E-state index contributed by atoms with van der Waals surface area (Å²) in [5, 5.41) is 8.68. The number of ketones is 1. The van der Waals surface area contributed by atoms with Gasteiger partial charge in [0.2, 0.25) is 0 Å². The summed E-state index contributed by atoms with van der Waals surface area (Å²) in [6, 6.07) is 5.73. The Kier molecular flexibility index (Phi) is 4.77. The Morgan fingerprint density at radius 1 is 1.25 bits per heavy atom. The number of carboxylic acid groups (broad SMARTS) is 1. The fourth-order valence-corrected chi connectivity index (χ4v) is 2.81. The molecule has 4 nitrogen and oxygen atoms in total. The average molecular weight is 276 g/mol. The van der Waals surface area contributed by atoms with Crippen LogP contribution in [0.15, 0.2) is 18.2 Å². The Morgan fingerprint density at radius 2 is 1.95 bits per heavy atom. The van der Waals surface area contributed by atoms with Gasteiger partial charge in [0.15, 0.2) is 5.78 Å². The molecule has 0 radical (unpaired) electrons. The number of hydrogen-bond acceptors (Lipinski definition) is 3. The van der Waals surface area contributed by atoms with E-state index in [-0.39, 0.29) is 18.6 Å². The molecule has 0 saturated heterocycles. The van der Waals surface area contributed by atoms with Crippen LogP contribution in [0.4, 0.5) is 0 Å². The summed E-state index contributed by atoms with van der Waals surface area (Å²) in [6.07, 6.45) is 4.66. The zero-order valence-corrected chi connectivity index (χ0v) is 11.7. The van der Waals surface area contributed by atoms with Gasteiger partial charge in [-0.25, -0.2) is 0 Å². The topological polar surface area (TPSA) is 63.6 Å². The van der Waals surface area contributed by atoms with E-state index in [2.05, 4.69) is 0 Å². The molecule has 0 heterocycles. The number of ether oxygens (including phenoxy) is 1. The summed E-state index contributed by atoms with van der Waals surface area (Å²) in [4.78, 5) is 22.7. The summed E-state index contributed by atoms with van der Waals surface area (Å²) in [5.74, 6) is -0.0672. The number of carbonyl (C=O) groups is 2. The van der Waals surface area contributed by atoms with Crippen LogP contribution in [0.2, 0.25) is 0 Å². The Hall–Kier alpha value is -1.84. The van der Waals surface area contributed by atoms with E-state index in [0.717, 1.165) is 12.8 Å². The van der Waals surface area contributed by atoms with Gasteiger partial charge in [0.05, 0.1) is 19.1 Å². The number of rotatable bonds is 6. The van der Waals surface area contributed by atoms with Crippen LogP contribution in [0, 0.1) is 0 Å². The van der Waals surface area contributed by atoms with Crippen molar-refractivity contribution in [3.05, 3.63) is 29.3 Å². The van der Waals surface area contributed by atoms with Gasteiger partial charge in [-0.2, -0.15) is 0 Å². The maximum atomic E-state index is 12.2. The van der Waals surface area contributed by atoms with E-state index in [0.29, 0.717) is 17.2 Å². The minimum Gasteiger partial charge on any atom is -0.496 e. The molecule has 20 heavy (non-hydrogen) atoms. The number of carboxylic acids is 1. The fourth-order valence-electron chi connectivity index (χ4n) is 2.81. The largest absolute Gasteiger partial charge is 0.496 e. The molecule has 2 rings (SSSR count). The molecular formula is C16H20O4. The maximum Gasteiger partial charge on any atom is 0.303 e. The van der Waals surface area contributed by atoms with Crippen molar-refractivity contribution >= 4 is 11.8 Å². The zero-order valence-electron chi connectivity index (χ0n) is 11.7. The van der Waals surface area contributed by atoms with Crippen LogP contribution in [-0.4, -0.2) is 24.0 Å². The van der Waals surface area contributed by atoms with Crippen molar-refractivity contribution in [2.75, 3.05) is 7.11 Å². The number of carbonyl (C=O) groups excluding carboxylic acids is 1. The molecule has 0 aromatic heterocycles. The SMILES string of the molecule is COc1ccc(C2CCCC2)cc1C(=O)CCC(=O)O. The monoisotopic (exact) mass is 276 g/mol. The van der Waals surface area contributed by atoms with Gasteiger partial charge in [0.1, 0.15) is 5.75 Å². The number of benzene rings is 1. The lowest BCUT2D eigenvalue weighted by atomic mass is 9.93. The smallest absolute Gasteiger partial charge is 0.303 e. The second-order valence-electron chi connectivity index (χ2n) is 5.26. The van der Waals surface area contributed by atoms with Crippen molar-refractivity contribution in [1.82, 2.24) is 0 Å². The summed E-state index contributed by atoms with van der Waals surface area (Å²) < 4.78 is 5.22. The van der Waals surface area contributed by atoms with Crippen LogP contribution in [0.5, 0.6) is 5.75 Å². The van der Waals surface area contributed by atoms with Crippen molar-refractivity contribution in [2.45, 2.75) is 44.4 Å². The Morgan fingerprint density at radius 3 is 2.55 bits per heavy atom. The Labute approximate surface area is 118 Å². The first-order valence-electron chi connectivity index (χ1n) is 7.04. The summed E-state index contributed by atoms with van der Waals surface area (Å²) in [5.41, 5.74) is 1.68. The van der Waals surface area contributed by atoms with Crippen LogP contribution in [-0.2, 0) is 4.79 Å². The number of aliphatic carboxylic acids is 1. The van der Waals surface area contributed by atoms with E-state index >= 15 is 0 Å². The van der Waals surface area contributed by atoms with Gasteiger partial charge in [0.25, 0.3) is 0 Å². The molecule has 1 aliphatic carbocycles. The molecular weight excluding hydrogens is 256 g/mol. The second kappa shape index (κ2) is 6.55. The van der Waals surface area contributed by atoms with Crippen molar-refractivity contribution in [3.63, 3.8) is 0 Å². The van der Waals surface area contributed by atoms with Crippen LogP contribution in [0.1, 0.15) is 60.4 Å². The van der Waals surface area contributed by atoms with E-state index in [1.165, 1.54) is 25.5 Å². The quantitative estimate of drug-likeness (QED) is 0.809. The Balaban J connectivity index is 2.21. The van der Waals surface area contributed by atoms with Crippen LogP contribution in [0.3, 0.4) is 0 Å². The van der Waals surface area contributed by atoms with Crippen LogP contribution in [0.25, 0.3) is 0 Å². The third-order valence-electron chi connectivity index (χ3n) is 3.92. The number of hydrogen-bond donors (Lipinski definition) is 1. The van der Waals surface area contributed by atoms with Gasteiger partial charge in [-0.3, -0.25) is 9.59 Å². The predicted octanol–water partition coefficient (Wildman–Crippen LogP) is 3.40. The standard InChI is InChI=1S/C16H20O4/c1-20-15-8-6-12(11-4-2-3-5-11)10-13(15)14(17)7-9-16(18)19/h6,8,10-11H,2-5,7,9H2,1H3,(H,18,19). The van der Waals surface area contributed by atoms with E-state index in [4.69, 9.17) is 9.84 Å². The molecule has 1 aromatic rings. The zero-order chi connectivity index (χ0) is 14.5. The molecule has 1 N–H and O–H groups in total. The molecule has 1 saturated carbocycles. The molecule has 1 aliphatic rings. The summed E-state index contributed by atoms with van der Waals surface area (Å²) in [7, 11) is 1.53. The highest BCUT2D eigenvalue weighted by atomic mass is 16.5. The molecule has 108 valence electrons. The minimum atomic E-state index is -0.954. The lowest BCUT2D eigenvalue weighted by Gasteiger charge is -2.13. The van der Waals surface area contributed by atoms with E-state index in [1.807, 2.05) is 18.2 Å². The minimum absolute atomic E-state index is 0.0137. The summed E-state index contributed by atoms with van der Waals surface area (Å²) >= 11 is 0.